The number of rotatable bonds is 4. The highest BCUT2D eigenvalue weighted by Gasteiger charge is 2.34. The van der Waals surface area contributed by atoms with Crippen LogP contribution < -0.4 is 5.69 Å². The van der Waals surface area contributed by atoms with Crippen molar-refractivity contribution in [3.05, 3.63) is 69.6 Å². The van der Waals surface area contributed by atoms with Gasteiger partial charge in [0.1, 0.15) is 6.04 Å². The third-order valence-corrected chi connectivity index (χ3v) is 7.40. The average molecular weight is 498 g/mol. The van der Waals surface area contributed by atoms with Crippen molar-refractivity contribution in [2.75, 3.05) is 39.3 Å². The van der Waals surface area contributed by atoms with Gasteiger partial charge in [0.2, 0.25) is 0 Å². The normalized spacial score (nSPS) is 18.7. The first kappa shape index (κ1) is 23.4. The number of aromatic nitrogens is 2. The number of halogens is 1. The molecule has 9 nitrogen and oxygen atoms in total. The predicted octanol–water partition coefficient (Wildman–Crippen LogP) is 2.86. The molecular weight excluding hydrogens is 470 g/mol. The number of H-pyrrole nitrogens is 1. The number of piperazine rings is 1. The molecule has 3 heterocycles. The smallest absolute Gasteiger partial charge is 0.407 e. The number of carbonyl (C=O) groups excluding carboxylic acids is 1. The van der Waals surface area contributed by atoms with Crippen molar-refractivity contribution in [2.24, 2.45) is 0 Å². The molecule has 184 valence electrons. The van der Waals surface area contributed by atoms with E-state index in [0.717, 1.165) is 31.5 Å². The lowest BCUT2D eigenvalue weighted by Crippen LogP contribution is -2.55. The van der Waals surface area contributed by atoms with Gasteiger partial charge in [0.05, 0.1) is 11.0 Å². The van der Waals surface area contributed by atoms with Gasteiger partial charge in [-0.2, -0.15) is 0 Å². The van der Waals surface area contributed by atoms with Crippen LogP contribution in [0.1, 0.15) is 24.4 Å². The molecule has 2 aliphatic rings. The highest BCUT2D eigenvalue weighted by atomic mass is 35.5. The van der Waals surface area contributed by atoms with Crippen LogP contribution in [0, 0.1) is 0 Å². The fourth-order valence-electron chi connectivity index (χ4n) is 5.29. The van der Waals surface area contributed by atoms with E-state index in [2.05, 4.69) is 9.88 Å². The van der Waals surface area contributed by atoms with Crippen LogP contribution >= 0.6 is 11.6 Å². The molecule has 2 N–H and O–H groups in total. The zero-order valence-corrected chi connectivity index (χ0v) is 20.0. The molecule has 0 saturated carbocycles. The van der Waals surface area contributed by atoms with Crippen LogP contribution in [0.25, 0.3) is 11.0 Å². The molecule has 1 aromatic heterocycles. The Morgan fingerprint density at radius 1 is 0.943 bits per heavy atom. The summed E-state index contributed by atoms with van der Waals surface area (Å²) in [7, 11) is 0. The van der Waals surface area contributed by atoms with E-state index in [0.29, 0.717) is 48.3 Å². The van der Waals surface area contributed by atoms with Crippen LogP contribution in [-0.4, -0.2) is 86.7 Å². The van der Waals surface area contributed by atoms with Crippen LogP contribution in [0.15, 0.2) is 53.3 Å². The standard InChI is InChI=1S/C25H28ClN5O4/c26-18-6-7-20-21(16-18)31(24(33)27-20)22(17-4-2-1-3-5-17)23(32)29-14-12-28(13-15-29)19-8-10-30(11-9-19)25(34)35/h1-7,16,19,22H,8-15H2,(H,27,33)(H,34,35). The molecule has 0 bridgehead atoms. The van der Waals surface area contributed by atoms with Crippen LogP contribution in [0.3, 0.4) is 0 Å². The summed E-state index contributed by atoms with van der Waals surface area (Å²) >= 11 is 6.23. The maximum Gasteiger partial charge on any atom is 0.407 e. The molecule has 1 atom stereocenters. The van der Waals surface area contributed by atoms with E-state index in [1.54, 1.807) is 18.2 Å². The first-order chi connectivity index (χ1) is 16.9. The summed E-state index contributed by atoms with van der Waals surface area (Å²) in [6.07, 6.45) is 0.746. The first-order valence-corrected chi connectivity index (χ1v) is 12.3. The molecule has 2 amide bonds. The number of carboxylic acid groups (broad SMARTS) is 1. The first-order valence-electron chi connectivity index (χ1n) is 11.9. The van der Waals surface area contributed by atoms with Gasteiger partial charge in [0.15, 0.2) is 0 Å². The molecule has 3 aromatic rings. The van der Waals surface area contributed by atoms with Crippen LogP contribution in [0.4, 0.5) is 4.79 Å². The summed E-state index contributed by atoms with van der Waals surface area (Å²) in [5, 5.41) is 9.68. The number of carbonyl (C=O) groups is 2. The number of benzene rings is 2. The minimum Gasteiger partial charge on any atom is -0.465 e. The molecule has 0 aliphatic carbocycles. The number of nitrogens with one attached hydrogen (secondary N) is 1. The third kappa shape index (κ3) is 4.66. The quantitative estimate of drug-likeness (QED) is 0.577. The van der Waals surface area contributed by atoms with Crippen LogP contribution in [0.5, 0.6) is 0 Å². The number of hydrogen-bond donors (Lipinski definition) is 2. The van der Waals surface area contributed by atoms with Gasteiger partial charge in [0.25, 0.3) is 5.91 Å². The van der Waals surface area contributed by atoms with Gasteiger partial charge < -0.3 is 19.9 Å². The molecule has 2 saturated heterocycles. The molecular formula is C25H28ClN5O4. The average Bonchev–Trinajstić information content (AvgIpc) is 3.20. The molecule has 5 rings (SSSR count). The predicted molar refractivity (Wildman–Crippen MR) is 133 cm³/mol. The molecule has 0 spiro atoms. The van der Waals surface area contributed by atoms with Gasteiger partial charge >= 0.3 is 11.8 Å². The fraction of sp³-hybridized carbons (Fsp3) is 0.400. The monoisotopic (exact) mass is 497 g/mol. The molecule has 2 aromatic carbocycles. The van der Waals surface area contributed by atoms with E-state index in [-0.39, 0.29) is 11.6 Å². The molecule has 0 radical (unpaired) electrons. The Labute approximate surface area is 207 Å². The summed E-state index contributed by atoms with van der Waals surface area (Å²) in [5.41, 5.74) is 1.61. The number of likely N-dealkylation sites (tertiary alicyclic amines) is 1. The zero-order valence-electron chi connectivity index (χ0n) is 19.3. The second-order valence-corrected chi connectivity index (χ2v) is 9.57. The Balaban J connectivity index is 1.37. The number of aromatic amines is 1. The van der Waals surface area contributed by atoms with Crippen LogP contribution in [0.2, 0.25) is 5.02 Å². The number of piperidine rings is 1. The minimum atomic E-state index is -0.861. The fourth-order valence-corrected chi connectivity index (χ4v) is 5.46. The van der Waals surface area contributed by atoms with Crippen molar-refractivity contribution in [3.8, 4) is 0 Å². The Morgan fingerprint density at radius 2 is 1.63 bits per heavy atom. The van der Waals surface area contributed by atoms with Gasteiger partial charge in [-0.1, -0.05) is 41.9 Å². The number of nitrogens with zero attached hydrogens (tertiary/aromatic N) is 4. The van der Waals surface area contributed by atoms with Gasteiger partial charge in [-0.15, -0.1) is 0 Å². The van der Waals surface area contributed by atoms with Crippen molar-refractivity contribution in [3.63, 3.8) is 0 Å². The second-order valence-electron chi connectivity index (χ2n) is 9.14. The highest BCUT2D eigenvalue weighted by molar-refractivity contribution is 6.31. The summed E-state index contributed by atoms with van der Waals surface area (Å²) in [4.78, 5) is 46.6. The van der Waals surface area contributed by atoms with E-state index >= 15 is 0 Å². The lowest BCUT2D eigenvalue weighted by molar-refractivity contribution is -0.135. The molecule has 2 fully saturated rings. The minimum absolute atomic E-state index is 0.125. The van der Waals surface area contributed by atoms with Gasteiger partial charge in [-0.3, -0.25) is 14.3 Å². The number of fused-ring (bicyclic) bond motifs is 1. The zero-order chi connectivity index (χ0) is 24.5. The molecule has 1 unspecified atom stereocenters. The lowest BCUT2D eigenvalue weighted by atomic mass is 10.0. The van der Waals surface area contributed by atoms with Gasteiger partial charge in [-0.05, 0) is 36.6 Å². The topological polar surface area (TPSA) is 102 Å². The Kier molecular flexibility index (Phi) is 6.53. The molecule has 2 aliphatic heterocycles. The Bertz CT molecular complexity index is 1270. The summed E-state index contributed by atoms with van der Waals surface area (Å²) < 4.78 is 1.51. The number of amides is 2. The van der Waals surface area contributed by atoms with E-state index < -0.39 is 12.1 Å². The van der Waals surface area contributed by atoms with E-state index in [9.17, 15) is 19.5 Å². The maximum absolute atomic E-state index is 13.9. The maximum atomic E-state index is 13.9. The summed E-state index contributed by atoms with van der Waals surface area (Å²) in [5.74, 6) is -0.125. The Morgan fingerprint density at radius 3 is 2.29 bits per heavy atom. The van der Waals surface area contributed by atoms with E-state index in [1.165, 1.54) is 9.47 Å². The van der Waals surface area contributed by atoms with Gasteiger partial charge in [0, 0.05) is 50.3 Å². The highest BCUT2D eigenvalue weighted by Crippen LogP contribution is 2.27. The van der Waals surface area contributed by atoms with Crippen LogP contribution in [-0.2, 0) is 4.79 Å². The lowest BCUT2D eigenvalue weighted by Gasteiger charge is -2.43. The Hall–Kier alpha value is -3.30. The summed E-state index contributed by atoms with van der Waals surface area (Å²) in [6.45, 7) is 3.64. The summed E-state index contributed by atoms with van der Waals surface area (Å²) in [6, 6.07) is 14.0. The van der Waals surface area contributed by atoms with Crippen molar-refractivity contribution in [1.82, 2.24) is 24.3 Å². The van der Waals surface area contributed by atoms with Gasteiger partial charge in [-0.25, -0.2) is 9.59 Å². The second kappa shape index (κ2) is 9.75. The molecule has 10 heteroatoms. The van der Waals surface area contributed by atoms with Crippen molar-refractivity contribution in [2.45, 2.75) is 24.9 Å². The SMILES string of the molecule is O=C(O)N1CCC(N2CCN(C(=O)C(c3ccccc3)n3c(=O)[nH]c4ccc(Cl)cc43)CC2)CC1. The number of imidazole rings is 1. The largest absolute Gasteiger partial charge is 0.465 e. The molecule has 35 heavy (non-hydrogen) atoms. The van der Waals surface area contributed by atoms with Crippen molar-refractivity contribution >= 4 is 34.6 Å². The number of hydrogen-bond acceptors (Lipinski definition) is 4. The third-order valence-electron chi connectivity index (χ3n) is 7.16. The van der Waals surface area contributed by atoms with Crippen molar-refractivity contribution in [1.29, 1.82) is 0 Å². The van der Waals surface area contributed by atoms with E-state index in [4.69, 9.17) is 11.6 Å². The van der Waals surface area contributed by atoms with E-state index in [1.807, 2.05) is 35.2 Å². The van der Waals surface area contributed by atoms with Crippen molar-refractivity contribution < 1.29 is 14.7 Å².